The van der Waals surface area contributed by atoms with Gasteiger partial charge in [-0.15, -0.1) is 11.3 Å². The first-order chi connectivity index (χ1) is 9.97. The molecule has 1 amide bonds. The van der Waals surface area contributed by atoms with Crippen molar-refractivity contribution in [3.05, 3.63) is 16.5 Å². The molecule has 0 atom stereocenters. The summed E-state index contributed by atoms with van der Waals surface area (Å²) in [7, 11) is 0. The zero-order valence-corrected chi connectivity index (χ0v) is 12.6. The molecule has 0 fully saturated rings. The minimum Gasteiger partial charge on any atom is -0.480 e. The van der Waals surface area contributed by atoms with Gasteiger partial charge >= 0.3 is 11.9 Å². The van der Waals surface area contributed by atoms with E-state index in [-0.39, 0.29) is 6.61 Å². The van der Waals surface area contributed by atoms with Gasteiger partial charge in [0.05, 0.1) is 12.2 Å². The number of thiophene rings is 1. The number of rotatable bonds is 8. The van der Waals surface area contributed by atoms with Crippen molar-refractivity contribution in [1.82, 2.24) is 0 Å². The Labute approximate surface area is 125 Å². The fourth-order valence-electron chi connectivity index (χ4n) is 1.46. The summed E-state index contributed by atoms with van der Waals surface area (Å²) >= 11 is 1.28. The highest BCUT2D eigenvalue weighted by atomic mass is 32.1. The lowest BCUT2D eigenvalue weighted by atomic mass is 10.2. The molecule has 0 aliphatic carbocycles. The Morgan fingerprint density at radius 1 is 1.29 bits per heavy atom. The summed E-state index contributed by atoms with van der Waals surface area (Å²) in [5.74, 6) is -2.18. The maximum Gasteiger partial charge on any atom is 0.341 e. The first kappa shape index (κ1) is 17.1. The molecule has 116 valence electrons. The van der Waals surface area contributed by atoms with Crippen molar-refractivity contribution in [2.75, 3.05) is 25.1 Å². The van der Waals surface area contributed by atoms with Gasteiger partial charge in [-0.1, -0.05) is 6.92 Å². The van der Waals surface area contributed by atoms with E-state index < -0.39 is 31.1 Å². The summed E-state index contributed by atoms with van der Waals surface area (Å²) < 4.78 is 9.61. The number of amides is 1. The fraction of sp³-hybridized carbons (Fsp3) is 0.462. The van der Waals surface area contributed by atoms with Gasteiger partial charge in [0, 0.05) is 4.88 Å². The zero-order chi connectivity index (χ0) is 15.8. The second-order valence-electron chi connectivity index (χ2n) is 3.96. The molecule has 1 heterocycles. The summed E-state index contributed by atoms with van der Waals surface area (Å²) in [6.45, 7) is 2.92. The number of carbonyl (C=O) groups is 3. The third-order valence-electron chi connectivity index (χ3n) is 2.34. The fourth-order valence-corrected chi connectivity index (χ4v) is 2.46. The average Bonchev–Trinajstić information content (AvgIpc) is 2.81. The second-order valence-corrected chi connectivity index (χ2v) is 5.10. The highest BCUT2D eigenvalue weighted by Crippen LogP contribution is 2.29. The summed E-state index contributed by atoms with van der Waals surface area (Å²) in [6.07, 6.45) is 0.725. The van der Waals surface area contributed by atoms with Crippen molar-refractivity contribution >= 4 is 34.2 Å². The molecule has 2 N–H and O–H groups in total. The van der Waals surface area contributed by atoms with E-state index in [1.54, 1.807) is 13.0 Å². The monoisotopic (exact) mass is 315 g/mol. The Morgan fingerprint density at radius 2 is 2.00 bits per heavy atom. The van der Waals surface area contributed by atoms with Crippen LogP contribution in [0.2, 0.25) is 0 Å². The second kappa shape index (κ2) is 8.38. The molecule has 0 aromatic carbocycles. The van der Waals surface area contributed by atoms with Crippen LogP contribution >= 0.6 is 11.3 Å². The van der Waals surface area contributed by atoms with Gasteiger partial charge in [0.25, 0.3) is 5.91 Å². The van der Waals surface area contributed by atoms with Crippen LogP contribution in [0.1, 0.15) is 29.1 Å². The lowest BCUT2D eigenvalue weighted by Gasteiger charge is -2.06. The molecule has 8 heteroatoms. The van der Waals surface area contributed by atoms with Crippen molar-refractivity contribution in [3.8, 4) is 0 Å². The smallest absolute Gasteiger partial charge is 0.341 e. The van der Waals surface area contributed by atoms with Crippen molar-refractivity contribution < 1.29 is 29.0 Å². The van der Waals surface area contributed by atoms with Gasteiger partial charge in [-0.05, 0) is 19.4 Å². The summed E-state index contributed by atoms with van der Waals surface area (Å²) in [6, 6.07) is 1.68. The Morgan fingerprint density at radius 3 is 2.57 bits per heavy atom. The number of anilines is 1. The van der Waals surface area contributed by atoms with Crippen molar-refractivity contribution in [1.29, 1.82) is 0 Å². The van der Waals surface area contributed by atoms with Crippen LogP contribution in [0.5, 0.6) is 0 Å². The van der Waals surface area contributed by atoms with Gasteiger partial charge in [-0.3, -0.25) is 4.79 Å². The molecule has 21 heavy (non-hydrogen) atoms. The third-order valence-corrected chi connectivity index (χ3v) is 3.53. The molecule has 0 aliphatic rings. The van der Waals surface area contributed by atoms with Crippen LogP contribution in [0.15, 0.2) is 6.07 Å². The standard InChI is InChI=1S/C13H17NO6S/c1-3-8-5-9(13(18)20-4-2)12(21-8)14-10(15)6-19-7-11(16)17/h5H,3-4,6-7H2,1-2H3,(H,14,15)(H,16,17). The highest BCUT2D eigenvalue weighted by molar-refractivity contribution is 7.16. The normalized spacial score (nSPS) is 10.2. The SMILES string of the molecule is CCOC(=O)c1cc(CC)sc1NC(=O)COCC(=O)O. The maximum atomic E-state index is 11.8. The number of hydrogen-bond donors (Lipinski definition) is 2. The molecule has 0 aliphatic heterocycles. The van der Waals surface area contributed by atoms with E-state index in [0.29, 0.717) is 10.6 Å². The van der Waals surface area contributed by atoms with Crippen LogP contribution < -0.4 is 5.32 Å². The van der Waals surface area contributed by atoms with Gasteiger partial charge < -0.3 is 19.9 Å². The predicted octanol–water partition coefficient (Wildman–Crippen LogP) is 1.53. The average molecular weight is 315 g/mol. The number of aryl methyl sites for hydroxylation is 1. The summed E-state index contributed by atoms with van der Waals surface area (Å²) in [4.78, 5) is 34.7. The Hall–Kier alpha value is -1.93. The topological polar surface area (TPSA) is 102 Å². The van der Waals surface area contributed by atoms with E-state index in [2.05, 4.69) is 10.1 Å². The number of aliphatic carboxylic acids is 1. The Bertz CT molecular complexity index is 525. The van der Waals surface area contributed by atoms with Crippen LogP contribution in [-0.4, -0.2) is 42.8 Å². The van der Waals surface area contributed by atoms with Gasteiger partial charge in [0.1, 0.15) is 18.2 Å². The number of ether oxygens (including phenoxy) is 2. The number of hydrogen-bond acceptors (Lipinski definition) is 6. The third kappa shape index (κ3) is 5.52. The number of carboxylic acids is 1. The minimum atomic E-state index is -1.15. The molecular formula is C13H17NO6S. The van der Waals surface area contributed by atoms with E-state index >= 15 is 0 Å². The van der Waals surface area contributed by atoms with Crippen LogP contribution in [0, 0.1) is 0 Å². The Kier molecular flexibility index (Phi) is 6.83. The van der Waals surface area contributed by atoms with E-state index in [1.165, 1.54) is 11.3 Å². The van der Waals surface area contributed by atoms with Gasteiger partial charge in [-0.25, -0.2) is 9.59 Å². The van der Waals surface area contributed by atoms with Gasteiger partial charge in [0.2, 0.25) is 0 Å². The molecule has 0 radical (unpaired) electrons. The van der Waals surface area contributed by atoms with E-state index in [9.17, 15) is 14.4 Å². The zero-order valence-electron chi connectivity index (χ0n) is 11.8. The summed E-state index contributed by atoms with van der Waals surface area (Å²) in [5.41, 5.74) is 0.297. The maximum absolute atomic E-state index is 11.8. The number of carbonyl (C=O) groups excluding carboxylic acids is 2. The molecule has 0 saturated heterocycles. The number of carboxylic acid groups (broad SMARTS) is 1. The molecule has 0 spiro atoms. The molecule has 1 rings (SSSR count). The molecule has 0 bridgehead atoms. The molecule has 0 unspecified atom stereocenters. The van der Waals surface area contributed by atoms with Crippen LogP contribution in [0.3, 0.4) is 0 Å². The molecule has 0 saturated carbocycles. The van der Waals surface area contributed by atoms with Gasteiger partial charge in [-0.2, -0.15) is 0 Å². The van der Waals surface area contributed by atoms with Crippen molar-refractivity contribution in [2.45, 2.75) is 20.3 Å². The molecular weight excluding hydrogens is 298 g/mol. The molecule has 7 nitrogen and oxygen atoms in total. The van der Waals surface area contributed by atoms with E-state index in [4.69, 9.17) is 9.84 Å². The first-order valence-electron chi connectivity index (χ1n) is 6.37. The Balaban J connectivity index is 2.72. The predicted molar refractivity (Wildman–Crippen MR) is 76.7 cm³/mol. The van der Waals surface area contributed by atoms with Crippen molar-refractivity contribution in [3.63, 3.8) is 0 Å². The van der Waals surface area contributed by atoms with Crippen LogP contribution in [0.4, 0.5) is 5.00 Å². The molecule has 1 aromatic rings. The van der Waals surface area contributed by atoms with Crippen LogP contribution in [-0.2, 0) is 25.5 Å². The lowest BCUT2D eigenvalue weighted by molar-refractivity contribution is -0.143. The number of esters is 1. The largest absolute Gasteiger partial charge is 0.480 e. The van der Waals surface area contributed by atoms with Crippen molar-refractivity contribution in [2.24, 2.45) is 0 Å². The minimum absolute atomic E-state index is 0.241. The van der Waals surface area contributed by atoms with Gasteiger partial charge in [0.15, 0.2) is 0 Å². The van der Waals surface area contributed by atoms with E-state index in [0.717, 1.165) is 11.3 Å². The quantitative estimate of drug-likeness (QED) is 0.705. The summed E-state index contributed by atoms with van der Waals surface area (Å²) in [5, 5.41) is 11.3. The van der Waals surface area contributed by atoms with E-state index in [1.807, 2.05) is 6.92 Å². The van der Waals surface area contributed by atoms with Crippen LogP contribution in [0.25, 0.3) is 0 Å². The first-order valence-corrected chi connectivity index (χ1v) is 7.18. The lowest BCUT2D eigenvalue weighted by Crippen LogP contribution is -2.21. The highest BCUT2D eigenvalue weighted by Gasteiger charge is 2.18. The number of nitrogens with one attached hydrogen (secondary N) is 1. The molecule has 1 aromatic heterocycles.